The minimum Gasteiger partial charge on any atom is -0.311 e. The Morgan fingerprint density at radius 3 is 2.71 bits per heavy atom. The van der Waals surface area contributed by atoms with E-state index in [0.717, 1.165) is 24.7 Å². The van der Waals surface area contributed by atoms with Crippen molar-refractivity contribution in [3.8, 4) is 0 Å². The summed E-state index contributed by atoms with van der Waals surface area (Å²) in [4.78, 5) is 8.04. The number of aromatic nitrogens is 2. The fraction of sp³-hybridized carbons (Fsp3) is 0.636. The molecule has 1 rings (SSSR count). The first-order chi connectivity index (χ1) is 6.86. The van der Waals surface area contributed by atoms with E-state index < -0.39 is 0 Å². The Morgan fingerprint density at radius 1 is 1.36 bits per heavy atom. The number of hydrogen-bond donors (Lipinski definition) is 1. The van der Waals surface area contributed by atoms with Crippen molar-refractivity contribution in [2.75, 3.05) is 6.54 Å². The Bertz CT molecular complexity index is 232. The average Bonchev–Trinajstić information content (AvgIpc) is 2.26. The van der Waals surface area contributed by atoms with Gasteiger partial charge < -0.3 is 5.32 Å². The molecule has 0 aliphatic carbocycles. The molecule has 78 valence electrons. The zero-order valence-electron chi connectivity index (χ0n) is 9.03. The molecule has 1 aromatic rings. The van der Waals surface area contributed by atoms with E-state index in [1.165, 1.54) is 12.8 Å². The molecule has 1 heterocycles. The van der Waals surface area contributed by atoms with Gasteiger partial charge in [0.2, 0.25) is 0 Å². The molecule has 3 heteroatoms. The second-order valence-corrected chi connectivity index (χ2v) is 3.51. The molecular weight excluding hydrogens is 174 g/mol. The zero-order valence-corrected chi connectivity index (χ0v) is 9.03. The molecule has 1 aromatic heterocycles. The summed E-state index contributed by atoms with van der Waals surface area (Å²) in [5.74, 6) is 0.789. The highest BCUT2D eigenvalue weighted by molar-refractivity contribution is 4.96. The van der Waals surface area contributed by atoms with Gasteiger partial charge in [0.15, 0.2) is 0 Å². The van der Waals surface area contributed by atoms with Crippen molar-refractivity contribution in [1.82, 2.24) is 15.3 Å². The monoisotopic (exact) mass is 193 g/mol. The highest BCUT2D eigenvalue weighted by Gasteiger charge is 2.02. The summed E-state index contributed by atoms with van der Waals surface area (Å²) in [7, 11) is 0. The van der Waals surface area contributed by atoms with Crippen LogP contribution in [0, 0.1) is 5.92 Å². The van der Waals surface area contributed by atoms with Crippen LogP contribution >= 0.6 is 0 Å². The highest BCUT2D eigenvalue weighted by atomic mass is 14.9. The number of nitrogens with one attached hydrogen (secondary N) is 1. The van der Waals surface area contributed by atoms with Crippen LogP contribution in [-0.2, 0) is 6.54 Å². The number of rotatable bonds is 6. The van der Waals surface area contributed by atoms with E-state index in [-0.39, 0.29) is 0 Å². The Morgan fingerprint density at radius 2 is 2.14 bits per heavy atom. The summed E-state index contributed by atoms with van der Waals surface area (Å²) in [6.45, 7) is 6.40. The van der Waals surface area contributed by atoms with Crippen LogP contribution in [0.25, 0.3) is 0 Å². The van der Waals surface area contributed by atoms with E-state index in [1.807, 2.05) is 6.07 Å². The molecule has 0 amide bonds. The van der Waals surface area contributed by atoms with E-state index >= 15 is 0 Å². The molecule has 0 unspecified atom stereocenters. The molecule has 0 bridgehead atoms. The van der Waals surface area contributed by atoms with Gasteiger partial charge in [0.25, 0.3) is 0 Å². The minimum atomic E-state index is 0.789. The largest absolute Gasteiger partial charge is 0.311 e. The SMILES string of the molecule is CCC(CC)CNCc1ccncn1. The van der Waals surface area contributed by atoms with Crippen LogP contribution in [0.1, 0.15) is 32.4 Å². The lowest BCUT2D eigenvalue weighted by Crippen LogP contribution is -2.22. The van der Waals surface area contributed by atoms with Gasteiger partial charge in [-0.05, 0) is 18.5 Å². The summed E-state index contributed by atoms with van der Waals surface area (Å²) >= 11 is 0. The molecule has 14 heavy (non-hydrogen) atoms. The third kappa shape index (κ3) is 3.83. The third-order valence-corrected chi connectivity index (χ3v) is 2.54. The zero-order chi connectivity index (χ0) is 10.2. The lowest BCUT2D eigenvalue weighted by atomic mass is 10.0. The molecule has 0 spiro atoms. The molecule has 1 N–H and O–H groups in total. The molecule has 0 saturated heterocycles. The van der Waals surface area contributed by atoms with Gasteiger partial charge in [-0.2, -0.15) is 0 Å². The van der Waals surface area contributed by atoms with Gasteiger partial charge in [0.05, 0.1) is 5.69 Å². The van der Waals surface area contributed by atoms with Gasteiger partial charge >= 0.3 is 0 Å². The fourth-order valence-corrected chi connectivity index (χ4v) is 1.40. The average molecular weight is 193 g/mol. The maximum absolute atomic E-state index is 4.15. The van der Waals surface area contributed by atoms with Crippen LogP contribution in [0.3, 0.4) is 0 Å². The van der Waals surface area contributed by atoms with Crippen molar-refractivity contribution in [3.63, 3.8) is 0 Å². The van der Waals surface area contributed by atoms with Crippen molar-refractivity contribution in [2.45, 2.75) is 33.2 Å². The summed E-state index contributed by atoms with van der Waals surface area (Å²) in [5, 5.41) is 3.41. The smallest absolute Gasteiger partial charge is 0.115 e. The lowest BCUT2D eigenvalue weighted by Gasteiger charge is -2.12. The van der Waals surface area contributed by atoms with Crippen LogP contribution in [-0.4, -0.2) is 16.5 Å². The van der Waals surface area contributed by atoms with Crippen molar-refractivity contribution in [3.05, 3.63) is 24.3 Å². The molecule has 0 fully saturated rings. The summed E-state index contributed by atoms with van der Waals surface area (Å²) < 4.78 is 0. The van der Waals surface area contributed by atoms with Gasteiger partial charge in [0.1, 0.15) is 6.33 Å². The predicted molar refractivity (Wildman–Crippen MR) is 57.8 cm³/mol. The summed E-state index contributed by atoms with van der Waals surface area (Å²) in [5.41, 5.74) is 1.06. The third-order valence-electron chi connectivity index (χ3n) is 2.54. The Balaban J connectivity index is 2.21. The molecule has 0 atom stereocenters. The van der Waals surface area contributed by atoms with Gasteiger partial charge in [-0.25, -0.2) is 9.97 Å². The predicted octanol–water partition coefficient (Wildman–Crippen LogP) is 2.00. The van der Waals surface area contributed by atoms with Gasteiger partial charge in [0, 0.05) is 12.7 Å². The number of hydrogen-bond acceptors (Lipinski definition) is 3. The first-order valence-corrected chi connectivity index (χ1v) is 5.32. The lowest BCUT2D eigenvalue weighted by molar-refractivity contribution is 0.448. The van der Waals surface area contributed by atoms with E-state index in [1.54, 1.807) is 12.5 Å². The Kier molecular flexibility index (Phi) is 5.15. The Hall–Kier alpha value is -0.960. The van der Waals surface area contributed by atoms with Crippen LogP contribution < -0.4 is 5.32 Å². The molecule has 3 nitrogen and oxygen atoms in total. The van der Waals surface area contributed by atoms with Crippen molar-refractivity contribution in [2.24, 2.45) is 5.92 Å². The first kappa shape index (κ1) is 11.1. The van der Waals surface area contributed by atoms with E-state index in [2.05, 4.69) is 29.1 Å². The summed E-state index contributed by atoms with van der Waals surface area (Å²) in [6.07, 6.45) is 5.86. The van der Waals surface area contributed by atoms with Gasteiger partial charge in [-0.1, -0.05) is 26.7 Å². The van der Waals surface area contributed by atoms with Crippen molar-refractivity contribution >= 4 is 0 Å². The van der Waals surface area contributed by atoms with Crippen molar-refractivity contribution < 1.29 is 0 Å². The van der Waals surface area contributed by atoms with E-state index in [4.69, 9.17) is 0 Å². The normalized spacial score (nSPS) is 10.8. The molecular formula is C11H19N3. The second kappa shape index (κ2) is 6.49. The maximum Gasteiger partial charge on any atom is 0.115 e. The molecule has 0 radical (unpaired) electrons. The van der Waals surface area contributed by atoms with Crippen LogP contribution in [0.2, 0.25) is 0 Å². The fourth-order valence-electron chi connectivity index (χ4n) is 1.40. The van der Waals surface area contributed by atoms with Crippen molar-refractivity contribution in [1.29, 1.82) is 0 Å². The number of nitrogens with zero attached hydrogens (tertiary/aromatic N) is 2. The summed E-state index contributed by atoms with van der Waals surface area (Å²) in [6, 6.07) is 1.94. The minimum absolute atomic E-state index is 0.789. The van der Waals surface area contributed by atoms with Crippen LogP contribution in [0.15, 0.2) is 18.6 Å². The quantitative estimate of drug-likeness (QED) is 0.751. The molecule has 0 aromatic carbocycles. The van der Waals surface area contributed by atoms with Gasteiger partial charge in [-0.3, -0.25) is 0 Å². The van der Waals surface area contributed by atoms with Gasteiger partial charge in [-0.15, -0.1) is 0 Å². The van der Waals surface area contributed by atoms with E-state index in [9.17, 15) is 0 Å². The first-order valence-electron chi connectivity index (χ1n) is 5.32. The molecule has 0 aliphatic heterocycles. The molecule has 0 saturated carbocycles. The van der Waals surface area contributed by atoms with Crippen LogP contribution in [0.4, 0.5) is 0 Å². The standard InChI is InChI=1S/C11H19N3/c1-3-10(4-2)7-13-8-11-5-6-12-9-14-11/h5-6,9-10,13H,3-4,7-8H2,1-2H3. The highest BCUT2D eigenvalue weighted by Crippen LogP contribution is 2.05. The molecule has 0 aliphatic rings. The maximum atomic E-state index is 4.15. The topological polar surface area (TPSA) is 37.8 Å². The second-order valence-electron chi connectivity index (χ2n) is 3.51. The Labute approximate surface area is 86.0 Å². The van der Waals surface area contributed by atoms with Crippen LogP contribution in [0.5, 0.6) is 0 Å². The van der Waals surface area contributed by atoms with E-state index in [0.29, 0.717) is 0 Å².